The number of H-pyrrole nitrogens is 1. The number of carbonyl (C=O) groups is 1. The second kappa shape index (κ2) is 2.76. The molecule has 0 fully saturated rings. The highest BCUT2D eigenvalue weighted by Gasteiger charge is 2.25. The third-order valence-corrected chi connectivity index (χ3v) is 2.11. The Morgan fingerprint density at radius 1 is 1.77 bits per heavy atom. The first-order valence-corrected chi connectivity index (χ1v) is 4.15. The number of rotatable bonds is 1. The number of hydrogen-bond donors (Lipinski definition) is 2. The lowest BCUT2D eigenvalue weighted by molar-refractivity contribution is 0.0682. The number of ether oxygens (including phenoxy) is 1. The van der Waals surface area contributed by atoms with Gasteiger partial charge >= 0.3 is 5.97 Å². The lowest BCUT2D eigenvalue weighted by Gasteiger charge is -2.19. The average Bonchev–Trinajstić information content (AvgIpc) is 2.46. The third-order valence-electron chi connectivity index (χ3n) is 2.11. The summed E-state index contributed by atoms with van der Waals surface area (Å²) < 4.78 is 5.39. The zero-order chi connectivity index (χ0) is 9.42. The van der Waals surface area contributed by atoms with E-state index in [9.17, 15) is 4.79 Å². The van der Waals surface area contributed by atoms with Gasteiger partial charge in [0.05, 0.1) is 11.8 Å². The maximum atomic E-state index is 10.7. The zero-order valence-corrected chi connectivity index (χ0v) is 7.20. The van der Waals surface area contributed by atoms with E-state index in [-0.39, 0.29) is 11.8 Å². The largest absolute Gasteiger partial charge is 0.486 e. The minimum absolute atomic E-state index is 0.0125. The predicted molar refractivity (Wildman–Crippen MR) is 44.0 cm³/mol. The molecule has 70 valence electrons. The first kappa shape index (κ1) is 8.10. The smallest absolute Gasteiger partial charge is 0.360 e. The van der Waals surface area contributed by atoms with Crippen LogP contribution in [0.15, 0.2) is 0 Å². The summed E-state index contributed by atoms with van der Waals surface area (Å²) in [5.41, 5.74) is 0.775. The summed E-state index contributed by atoms with van der Waals surface area (Å²) in [6.07, 6.45) is 1.77. The van der Waals surface area contributed by atoms with Gasteiger partial charge in [-0.1, -0.05) is 0 Å². The van der Waals surface area contributed by atoms with E-state index >= 15 is 0 Å². The van der Waals surface area contributed by atoms with Crippen molar-refractivity contribution < 1.29 is 14.6 Å². The minimum atomic E-state index is -1.05. The molecule has 2 rings (SSSR count). The second-order valence-corrected chi connectivity index (χ2v) is 3.15. The van der Waals surface area contributed by atoms with Crippen molar-refractivity contribution in [2.45, 2.75) is 25.9 Å². The maximum absolute atomic E-state index is 10.7. The molecule has 2 N–H and O–H groups in total. The summed E-state index contributed by atoms with van der Waals surface area (Å²) in [7, 11) is 0. The van der Waals surface area contributed by atoms with Gasteiger partial charge in [-0.05, 0) is 19.8 Å². The van der Waals surface area contributed by atoms with E-state index in [1.165, 1.54) is 0 Å². The molecule has 5 nitrogen and oxygen atoms in total. The highest BCUT2D eigenvalue weighted by molar-refractivity contribution is 5.89. The molecule has 0 aliphatic carbocycles. The number of nitrogens with zero attached hydrogens (tertiary/aromatic N) is 1. The van der Waals surface area contributed by atoms with Gasteiger partial charge in [-0.15, -0.1) is 0 Å². The van der Waals surface area contributed by atoms with E-state index in [1.807, 2.05) is 6.92 Å². The molecular formula is C8H10N2O3. The van der Waals surface area contributed by atoms with Gasteiger partial charge in [0.2, 0.25) is 5.69 Å². The highest BCUT2D eigenvalue weighted by Crippen LogP contribution is 2.28. The molecule has 5 heteroatoms. The summed E-state index contributed by atoms with van der Waals surface area (Å²) in [5, 5.41) is 15.1. The van der Waals surface area contributed by atoms with E-state index in [0.29, 0.717) is 5.75 Å². The topological polar surface area (TPSA) is 75.2 Å². The van der Waals surface area contributed by atoms with E-state index in [0.717, 1.165) is 18.5 Å². The fourth-order valence-corrected chi connectivity index (χ4v) is 1.42. The standard InChI is InChI=1S/C8H10N2O3/c1-4-2-3-5-7(13-4)6(8(11)12)10-9-5/h4H,2-3H2,1H3,(H,9,10)(H,11,12). The van der Waals surface area contributed by atoms with Gasteiger partial charge in [0.1, 0.15) is 0 Å². The lowest BCUT2D eigenvalue weighted by atomic mass is 10.1. The molecule has 1 aliphatic rings. The van der Waals surface area contributed by atoms with Crippen LogP contribution in [-0.4, -0.2) is 27.4 Å². The van der Waals surface area contributed by atoms with Crippen LogP contribution in [-0.2, 0) is 6.42 Å². The van der Waals surface area contributed by atoms with E-state index in [2.05, 4.69) is 10.2 Å². The van der Waals surface area contributed by atoms with Crippen LogP contribution in [0.1, 0.15) is 29.5 Å². The number of aromatic carboxylic acids is 1. The van der Waals surface area contributed by atoms with Crippen LogP contribution in [0.4, 0.5) is 0 Å². The van der Waals surface area contributed by atoms with Crippen molar-refractivity contribution in [2.75, 3.05) is 0 Å². The van der Waals surface area contributed by atoms with Crippen LogP contribution in [0.2, 0.25) is 0 Å². The maximum Gasteiger partial charge on any atom is 0.360 e. The number of carboxylic acids is 1. The summed E-state index contributed by atoms with van der Waals surface area (Å²) in [6, 6.07) is 0. The number of aryl methyl sites for hydroxylation is 1. The van der Waals surface area contributed by atoms with Crippen molar-refractivity contribution in [2.24, 2.45) is 0 Å². The van der Waals surface area contributed by atoms with Gasteiger partial charge in [0.25, 0.3) is 0 Å². The summed E-state index contributed by atoms with van der Waals surface area (Å²) >= 11 is 0. The zero-order valence-electron chi connectivity index (χ0n) is 7.20. The minimum Gasteiger partial charge on any atom is -0.486 e. The van der Waals surface area contributed by atoms with E-state index in [1.54, 1.807) is 0 Å². The molecule has 0 saturated heterocycles. The summed E-state index contributed by atoms with van der Waals surface area (Å²) in [4.78, 5) is 10.7. The fraction of sp³-hybridized carbons (Fsp3) is 0.500. The van der Waals surface area contributed by atoms with Gasteiger partial charge in [-0.25, -0.2) is 4.79 Å². The average molecular weight is 182 g/mol. The monoisotopic (exact) mass is 182 g/mol. The van der Waals surface area contributed by atoms with Crippen molar-refractivity contribution in [3.63, 3.8) is 0 Å². The second-order valence-electron chi connectivity index (χ2n) is 3.15. The van der Waals surface area contributed by atoms with Gasteiger partial charge < -0.3 is 9.84 Å². The molecule has 1 aliphatic heterocycles. The molecule has 0 saturated carbocycles. The van der Waals surface area contributed by atoms with Crippen LogP contribution in [0.25, 0.3) is 0 Å². The van der Waals surface area contributed by atoms with Crippen molar-refractivity contribution in [3.8, 4) is 5.75 Å². The van der Waals surface area contributed by atoms with Crippen molar-refractivity contribution in [1.82, 2.24) is 10.2 Å². The van der Waals surface area contributed by atoms with E-state index in [4.69, 9.17) is 9.84 Å². The number of fused-ring (bicyclic) bond motifs is 1. The molecular weight excluding hydrogens is 172 g/mol. The predicted octanol–water partition coefficient (Wildman–Crippen LogP) is 0.821. The first-order chi connectivity index (χ1) is 6.18. The molecule has 1 aromatic heterocycles. The molecule has 0 aromatic carbocycles. The highest BCUT2D eigenvalue weighted by atomic mass is 16.5. The molecule has 1 atom stereocenters. The van der Waals surface area contributed by atoms with Crippen molar-refractivity contribution >= 4 is 5.97 Å². The third kappa shape index (κ3) is 1.26. The summed E-state index contributed by atoms with van der Waals surface area (Å²) in [6.45, 7) is 1.92. The Bertz CT molecular complexity index is 345. The van der Waals surface area contributed by atoms with Gasteiger partial charge in [-0.3, -0.25) is 5.10 Å². The number of aromatic amines is 1. The van der Waals surface area contributed by atoms with Crippen LogP contribution >= 0.6 is 0 Å². The van der Waals surface area contributed by atoms with Gasteiger partial charge in [-0.2, -0.15) is 5.10 Å². The lowest BCUT2D eigenvalue weighted by Crippen LogP contribution is -2.19. The quantitative estimate of drug-likeness (QED) is 0.674. The first-order valence-electron chi connectivity index (χ1n) is 4.15. The number of nitrogens with one attached hydrogen (secondary N) is 1. The summed E-state index contributed by atoms with van der Waals surface area (Å²) in [5.74, 6) is -0.641. The molecule has 0 radical (unpaired) electrons. The fourth-order valence-electron chi connectivity index (χ4n) is 1.42. The molecule has 1 aromatic rings. The Balaban J connectivity index is 2.41. The number of hydrogen-bond acceptors (Lipinski definition) is 3. The normalized spacial score (nSPS) is 20.5. The Hall–Kier alpha value is -1.52. The Morgan fingerprint density at radius 3 is 3.23 bits per heavy atom. The van der Waals surface area contributed by atoms with Crippen LogP contribution < -0.4 is 4.74 Å². The Kier molecular flexibility index (Phi) is 1.72. The van der Waals surface area contributed by atoms with Gasteiger partial charge in [0.15, 0.2) is 5.75 Å². The molecule has 0 amide bonds. The SMILES string of the molecule is CC1CCc2[nH]nc(C(=O)O)c2O1. The van der Waals surface area contributed by atoms with Crippen LogP contribution in [0.5, 0.6) is 5.75 Å². The molecule has 1 unspecified atom stereocenters. The molecule has 2 heterocycles. The van der Waals surface area contributed by atoms with Gasteiger partial charge in [0, 0.05) is 0 Å². The van der Waals surface area contributed by atoms with Crippen LogP contribution in [0.3, 0.4) is 0 Å². The molecule has 0 spiro atoms. The van der Waals surface area contributed by atoms with Crippen molar-refractivity contribution in [1.29, 1.82) is 0 Å². The van der Waals surface area contributed by atoms with Crippen molar-refractivity contribution in [3.05, 3.63) is 11.4 Å². The van der Waals surface area contributed by atoms with E-state index < -0.39 is 5.97 Å². The number of aromatic nitrogens is 2. The Morgan fingerprint density at radius 2 is 2.54 bits per heavy atom. The Labute approximate surface area is 74.7 Å². The molecule has 0 bridgehead atoms. The molecule has 13 heavy (non-hydrogen) atoms. The number of carboxylic acid groups (broad SMARTS) is 1. The van der Waals surface area contributed by atoms with Crippen LogP contribution in [0, 0.1) is 0 Å².